The van der Waals surface area contributed by atoms with Crippen molar-refractivity contribution in [1.82, 2.24) is 0 Å². The van der Waals surface area contributed by atoms with Crippen molar-refractivity contribution < 1.29 is 18.7 Å². The van der Waals surface area contributed by atoms with Crippen molar-refractivity contribution in [2.45, 2.75) is 12.8 Å². The molecule has 0 atom stereocenters. The van der Waals surface area contributed by atoms with Gasteiger partial charge in [-0.2, -0.15) is 0 Å². The predicted molar refractivity (Wildman–Crippen MR) is 76.3 cm³/mol. The van der Waals surface area contributed by atoms with Crippen LogP contribution in [0.2, 0.25) is 0 Å². The number of halogens is 1. The van der Waals surface area contributed by atoms with Crippen LogP contribution in [-0.4, -0.2) is 32.1 Å². The molecule has 114 valence electrons. The standard InChI is InChI=1S/C14H18FN3O3/c1-21-14(20)9-6-12(10(15)7-11(9)16)18-4-2-8(3-5-18)13(17)19/h6-8H,2-5,16H2,1H3,(H2,17,19). The number of primary amides is 1. The first-order chi connectivity index (χ1) is 9.93. The Balaban J connectivity index is 2.24. The summed E-state index contributed by atoms with van der Waals surface area (Å²) < 4.78 is 18.7. The van der Waals surface area contributed by atoms with E-state index in [4.69, 9.17) is 11.5 Å². The van der Waals surface area contributed by atoms with E-state index in [1.807, 2.05) is 0 Å². The van der Waals surface area contributed by atoms with Crippen molar-refractivity contribution in [2.75, 3.05) is 30.8 Å². The maximum atomic E-state index is 14.1. The topological polar surface area (TPSA) is 98.6 Å². The Hall–Kier alpha value is -2.31. The molecule has 0 unspecified atom stereocenters. The van der Waals surface area contributed by atoms with E-state index in [-0.39, 0.29) is 28.8 Å². The monoisotopic (exact) mass is 295 g/mol. The number of nitrogens with two attached hydrogens (primary N) is 2. The number of rotatable bonds is 3. The van der Waals surface area contributed by atoms with Crippen LogP contribution in [-0.2, 0) is 9.53 Å². The predicted octanol–water partition coefficient (Wildman–Crippen LogP) is 0.896. The highest BCUT2D eigenvalue weighted by Crippen LogP contribution is 2.29. The number of hydrogen-bond donors (Lipinski definition) is 2. The van der Waals surface area contributed by atoms with Gasteiger partial charge in [-0.1, -0.05) is 0 Å². The minimum absolute atomic E-state index is 0.0371. The Morgan fingerprint density at radius 2 is 1.95 bits per heavy atom. The van der Waals surface area contributed by atoms with E-state index in [0.29, 0.717) is 25.9 Å². The van der Waals surface area contributed by atoms with Gasteiger partial charge in [0.05, 0.1) is 18.4 Å². The van der Waals surface area contributed by atoms with Gasteiger partial charge >= 0.3 is 5.97 Å². The number of piperidine rings is 1. The first-order valence-electron chi connectivity index (χ1n) is 6.65. The lowest BCUT2D eigenvalue weighted by Gasteiger charge is -2.32. The number of hydrogen-bond acceptors (Lipinski definition) is 5. The lowest BCUT2D eigenvalue weighted by Crippen LogP contribution is -2.39. The molecule has 4 N–H and O–H groups in total. The van der Waals surface area contributed by atoms with E-state index >= 15 is 0 Å². The van der Waals surface area contributed by atoms with E-state index < -0.39 is 11.8 Å². The molecule has 0 bridgehead atoms. The van der Waals surface area contributed by atoms with Crippen LogP contribution >= 0.6 is 0 Å². The molecule has 1 aliphatic heterocycles. The molecule has 21 heavy (non-hydrogen) atoms. The third-order valence-corrected chi connectivity index (χ3v) is 3.76. The van der Waals surface area contributed by atoms with Gasteiger partial charge in [0.25, 0.3) is 0 Å². The van der Waals surface area contributed by atoms with E-state index in [1.165, 1.54) is 13.2 Å². The molecular formula is C14H18FN3O3. The molecule has 6 nitrogen and oxygen atoms in total. The SMILES string of the molecule is COC(=O)c1cc(N2CCC(C(N)=O)CC2)c(F)cc1N. The highest BCUT2D eigenvalue weighted by atomic mass is 19.1. The largest absolute Gasteiger partial charge is 0.465 e. The van der Waals surface area contributed by atoms with Crippen LogP contribution in [0.3, 0.4) is 0 Å². The molecule has 1 saturated heterocycles. The van der Waals surface area contributed by atoms with E-state index in [2.05, 4.69) is 4.74 Å². The first-order valence-corrected chi connectivity index (χ1v) is 6.65. The van der Waals surface area contributed by atoms with Crippen LogP contribution in [0.25, 0.3) is 0 Å². The number of amides is 1. The first kappa shape index (κ1) is 15.1. The van der Waals surface area contributed by atoms with Crippen LogP contribution in [0.1, 0.15) is 23.2 Å². The van der Waals surface area contributed by atoms with Crippen molar-refractivity contribution in [3.8, 4) is 0 Å². The number of nitrogens with zero attached hydrogens (tertiary/aromatic N) is 1. The molecule has 0 saturated carbocycles. The van der Waals surface area contributed by atoms with E-state index in [9.17, 15) is 14.0 Å². The zero-order valence-electron chi connectivity index (χ0n) is 11.8. The van der Waals surface area contributed by atoms with Crippen LogP contribution in [0.15, 0.2) is 12.1 Å². The van der Waals surface area contributed by atoms with Gasteiger partial charge in [-0.3, -0.25) is 4.79 Å². The van der Waals surface area contributed by atoms with Gasteiger partial charge in [-0.25, -0.2) is 9.18 Å². The number of nitrogen functional groups attached to an aromatic ring is 1. The minimum atomic E-state index is -0.610. The summed E-state index contributed by atoms with van der Waals surface area (Å²) in [6.07, 6.45) is 1.12. The summed E-state index contributed by atoms with van der Waals surface area (Å²) in [4.78, 5) is 24.5. The number of carbonyl (C=O) groups excluding carboxylic acids is 2. The van der Waals surface area contributed by atoms with E-state index in [0.717, 1.165) is 6.07 Å². The third-order valence-electron chi connectivity index (χ3n) is 3.76. The van der Waals surface area contributed by atoms with Crippen LogP contribution in [0, 0.1) is 11.7 Å². The van der Waals surface area contributed by atoms with Crippen LogP contribution in [0.5, 0.6) is 0 Å². The van der Waals surface area contributed by atoms with Crippen molar-refractivity contribution in [2.24, 2.45) is 11.7 Å². The number of benzene rings is 1. The molecule has 2 rings (SSSR count). The molecule has 0 radical (unpaired) electrons. The summed E-state index contributed by atoms with van der Waals surface area (Å²) in [6, 6.07) is 2.50. The van der Waals surface area contributed by atoms with Gasteiger partial charge < -0.3 is 21.1 Å². The summed E-state index contributed by atoms with van der Waals surface area (Å²) in [5.41, 5.74) is 11.4. The lowest BCUT2D eigenvalue weighted by atomic mass is 9.95. The maximum Gasteiger partial charge on any atom is 0.340 e. The lowest BCUT2D eigenvalue weighted by molar-refractivity contribution is -0.122. The molecule has 1 aromatic rings. The Bertz CT molecular complexity index is 569. The Morgan fingerprint density at radius 3 is 2.48 bits per heavy atom. The smallest absolute Gasteiger partial charge is 0.340 e. The zero-order valence-corrected chi connectivity index (χ0v) is 11.8. The quantitative estimate of drug-likeness (QED) is 0.637. The average Bonchev–Trinajstić information content (AvgIpc) is 2.47. The maximum absolute atomic E-state index is 14.1. The van der Waals surface area contributed by atoms with Crippen LogP contribution < -0.4 is 16.4 Å². The minimum Gasteiger partial charge on any atom is -0.465 e. The molecule has 1 heterocycles. The highest BCUT2D eigenvalue weighted by molar-refractivity contribution is 5.96. The number of methoxy groups -OCH3 is 1. The fraction of sp³-hybridized carbons (Fsp3) is 0.429. The second-order valence-electron chi connectivity index (χ2n) is 5.05. The Morgan fingerprint density at radius 1 is 1.33 bits per heavy atom. The van der Waals surface area contributed by atoms with Crippen molar-refractivity contribution >= 4 is 23.3 Å². The summed E-state index contributed by atoms with van der Waals surface area (Å²) in [7, 11) is 1.24. The van der Waals surface area contributed by atoms with Gasteiger partial charge in [0.15, 0.2) is 0 Å². The molecule has 0 spiro atoms. The van der Waals surface area contributed by atoms with Gasteiger partial charge in [0, 0.05) is 24.7 Å². The van der Waals surface area contributed by atoms with Gasteiger partial charge in [0.2, 0.25) is 5.91 Å². The summed E-state index contributed by atoms with van der Waals surface area (Å²) >= 11 is 0. The molecule has 1 fully saturated rings. The van der Waals surface area contributed by atoms with Gasteiger partial charge in [0.1, 0.15) is 5.82 Å². The molecular weight excluding hydrogens is 277 g/mol. The molecule has 1 amide bonds. The molecule has 7 heteroatoms. The van der Waals surface area contributed by atoms with Gasteiger partial charge in [-0.15, -0.1) is 0 Å². The Kier molecular flexibility index (Phi) is 4.30. The molecule has 1 aromatic carbocycles. The normalized spacial score (nSPS) is 15.8. The second kappa shape index (κ2) is 5.99. The van der Waals surface area contributed by atoms with Crippen molar-refractivity contribution in [3.63, 3.8) is 0 Å². The molecule has 1 aliphatic rings. The summed E-state index contributed by atoms with van der Waals surface area (Å²) in [5, 5.41) is 0. The van der Waals surface area contributed by atoms with Gasteiger partial charge in [-0.05, 0) is 25.0 Å². The zero-order chi connectivity index (χ0) is 15.6. The average molecular weight is 295 g/mol. The van der Waals surface area contributed by atoms with Crippen LogP contribution in [0.4, 0.5) is 15.8 Å². The fourth-order valence-electron chi connectivity index (χ4n) is 2.51. The third kappa shape index (κ3) is 3.07. The number of anilines is 2. The number of ether oxygens (including phenoxy) is 1. The number of carbonyl (C=O) groups is 2. The van der Waals surface area contributed by atoms with E-state index in [1.54, 1.807) is 4.90 Å². The summed E-state index contributed by atoms with van der Waals surface area (Å²) in [5.74, 6) is -1.63. The summed E-state index contributed by atoms with van der Waals surface area (Å²) in [6.45, 7) is 0.990. The van der Waals surface area contributed by atoms with Crippen molar-refractivity contribution in [1.29, 1.82) is 0 Å². The molecule has 0 aliphatic carbocycles. The molecule has 0 aromatic heterocycles. The second-order valence-corrected chi connectivity index (χ2v) is 5.05. The number of esters is 1. The highest BCUT2D eigenvalue weighted by Gasteiger charge is 2.26. The Labute approximate surface area is 121 Å². The fourth-order valence-corrected chi connectivity index (χ4v) is 2.51. The van der Waals surface area contributed by atoms with Crippen molar-refractivity contribution in [3.05, 3.63) is 23.5 Å².